The monoisotopic (exact) mass is 225 g/mol. The molecule has 1 aromatic rings. The van der Waals surface area contributed by atoms with Gasteiger partial charge in [-0.1, -0.05) is 0 Å². The minimum absolute atomic E-state index is 0.0991. The van der Waals surface area contributed by atoms with Crippen LogP contribution in [0.2, 0.25) is 0 Å². The third-order valence-electron chi connectivity index (χ3n) is 1.40. The number of thiazole rings is 1. The van der Waals surface area contributed by atoms with Crippen molar-refractivity contribution in [1.82, 2.24) is 4.98 Å². The summed E-state index contributed by atoms with van der Waals surface area (Å²) in [7, 11) is -3.27. The second-order valence-electron chi connectivity index (χ2n) is 2.31. The molecule has 1 unspecified atom stereocenters. The Hall–Kier alpha value is -0.130. The number of aromatic nitrogens is 1. The molecule has 3 nitrogen and oxygen atoms in total. The van der Waals surface area contributed by atoms with Crippen molar-refractivity contribution in [2.75, 3.05) is 5.88 Å². The lowest BCUT2D eigenvalue weighted by Gasteiger charge is -2.05. The van der Waals surface area contributed by atoms with Crippen LogP contribution in [-0.4, -0.2) is 24.5 Å². The summed E-state index contributed by atoms with van der Waals surface area (Å²) in [6.07, 6.45) is 1.47. The summed E-state index contributed by atoms with van der Waals surface area (Å²) >= 11 is 6.57. The topological polar surface area (TPSA) is 47.0 Å². The van der Waals surface area contributed by atoms with Crippen LogP contribution in [0.25, 0.3) is 0 Å². The molecule has 0 aliphatic rings. The standard InChI is InChI=1S/C6H8ClNO2S2/c1-5(4-7)12(9,10)6-8-2-3-11-6/h2-3,5H,4H2,1H3. The summed E-state index contributed by atoms with van der Waals surface area (Å²) in [5.41, 5.74) is 0. The van der Waals surface area contributed by atoms with Crippen molar-refractivity contribution in [2.24, 2.45) is 0 Å². The third kappa shape index (κ3) is 1.78. The van der Waals surface area contributed by atoms with Gasteiger partial charge >= 0.3 is 0 Å². The molecular weight excluding hydrogens is 218 g/mol. The van der Waals surface area contributed by atoms with Crippen molar-refractivity contribution in [3.05, 3.63) is 11.6 Å². The lowest BCUT2D eigenvalue weighted by Crippen LogP contribution is -2.19. The highest BCUT2D eigenvalue weighted by molar-refractivity contribution is 7.93. The molecule has 1 rings (SSSR count). The first-order valence-electron chi connectivity index (χ1n) is 3.28. The van der Waals surface area contributed by atoms with Crippen LogP contribution >= 0.6 is 22.9 Å². The van der Waals surface area contributed by atoms with E-state index in [4.69, 9.17) is 11.6 Å². The highest BCUT2D eigenvalue weighted by atomic mass is 35.5. The Morgan fingerprint density at radius 2 is 2.42 bits per heavy atom. The Morgan fingerprint density at radius 3 is 2.83 bits per heavy atom. The molecule has 1 atom stereocenters. The zero-order valence-electron chi connectivity index (χ0n) is 6.40. The summed E-state index contributed by atoms with van der Waals surface area (Å²) in [4.78, 5) is 3.73. The summed E-state index contributed by atoms with van der Waals surface area (Å²) in [5, 5.41) is 1.07. The van der Waals surface area contributed by atoms with E-state index in [1.54, 1.807) is 12.3 Å². The van der Waals surface area contributed by atoms with Crippen LogP contribution in [0.4, 0.5) is 0 Å². The second kappa shape index (κ2) is 3.72. The van der Waals surface area contributed by atoms with Gasteiger partial charge in [0.05, 0.1) is 5.25 Å². The second-order valence-corrected chi connectivity index (χ2v) is 6.05. The van der Waals surface area contributed by atoms with Crippen LogP contribution < -0.4 is 0 Å². The molecule has 0 spiro atoms. The molecule has 0 bridgehead atoms. The van der Waals surface area contributed by atoms with Gasteiger partial charge in [0.1, 0.15) is 0 Å². The molecule has 0 saturated carbocycles. The van der Waals surface area contributed by atoms with Crippen molar-refractivity contribution in [3.63, 3.8) is 0 Å². The number of halogens is 1. The molecule has 0 aliphatic carbocycles. The quantitative estimate of drug-likeness (QED) is 0.734. The van der Waals surface area contributed by atoms with Crippen LogP contribution in [-0.2, 0) is 9.84 Å². The first-order chi connectivity index (χ1) is 5.59. The van der Waals surface area contributed by atoms with Crippen LogP contribution in [0.1, 0.15) is 6.92 Å². The number of rotatable bonds is 3. The average molecular weight is 226 g/mol. The highest BCUT2D eigenvalue weighted by Crippen LogP contribution is 2.18. The van der Waals surface area contributed by atoms with Crippen molar-refractivity contribution < 1.29 is 8.42 Å². The summed E-state index contributed by atoms with van der Waals surface area (Å²) in [6.45, 7) is 1.57. The van der Waals surface area contributed by atoms with Gasteiger partial charge in [-0.2, -0.15) is 0 Å². The van der Waals surface area contributed by atoms with E-state index in [1.165, 1.54) is 6.20 Å². The third-order valence-corrected chi connectivity index (χ3v) is 5.41. The van der Waals surface area contributed by atoms with Crippen LogP contribution in [0.15, 0.2) is 15.9 Å². The zero-order chi connectivity index (χ0) is 9.19. The van der Waals surface area contributed by atoms with E-state index in [2.05, 4.69) is 4.98 Å². The highest BCUT2D eigenvalue weighted by Gasteiger charge is 2.24. The molecule has 12 heavy (non-hydrogen) atoms. The minimum atomic E-state index is -3.27. The van der Waals surface area contributed by atoms with Gasteiger partial charge in [-0.15, -0.1) is 22.9 Å². The van der Waals surface area contributed by atoms with Gasteiger partial charge in [0, 0.05) is 17.5 Å². The first-order valence-corrected chi connectivity index (χ1v) is 6.24. The van der Waals surface area contributed by atoms with E-state index in [0.29, 0.717) is 0 Å². The van der Waals surface area contributed by atoms with Gasteiger partial charge in [-0.05, 0) is 6.92 Å². The largest absolute Gasteiger partial charge is 0.234 e. The molecule has 68 valence electrons. The van der Waals surface area contributed by atoms with E-state index < -0.39 is 15.1 Å². The molecule has 6 heteroatoms. The van der Waals surface area contributed by atoms with Crippen molar-refractivity contribution in [2.45, 2.75) is 16.5 Å². The molecule has 0 amide bonds. The number of nitrogens with zero attached hydrogens (tertiary/aromatic N) is 1. The van der Waals surface area contributed by atoms with E-state index in [0.717, 1.165) is 11.3 Å². The molecule has 0 radical (unpaired) electrons. The van der Waals surface area contributed by atoms with Gasteiger partial charge in [0.25, 0.3) is 0 Å². The van der Waals surface area contributed by atoms with E-state index in [1.807, 2.05) is 0 Å². The number of hydrogen-bond donors (Lipinski definition) is 0. The molecule has 0 N–H and O–H groups in total. The van der Waals surface area contributed by atoms with Gasteiger partial charge in [-0.3, -0.25) is 0 Å². The Balaban J connectivity index is 3.03. The molecule has 1 heterocycles. The first kappa shape index (κ1) is 9.95. The Labute approximate surface area is 80.3 Å². The van der Waals surface area contributed by atoms with Crippen LogP contribution in [0.5, 0.6) is 0 Å². The van der Waals surface area contributed by atoms with Crippen molar-refractivity contribution in [1.29, 1.82) is 0 Å². The fourth-order valence-electron chi connectivity index (χ4n) is 0.606. The number of alkyl halides is 1. The molecular formula is C6H8ClNO2S2. The van der Waals surface area contributed by atoms with Gasteiger partial charge < -0.3 is 0 Å². The summed E-state index contributed by atoms with van der Waals surface area (Å²) in [5.74, 6) is 0.0991. The van der Waals surface area contributed by atoms with Crippen LogP contribution in [0, 0.1) is 0 Å². The van der Waals surface area contributed by atoms with Crippen molar-refractivity contribution in [3.8, 4) is 0 Å². The lowest BCUT2D eigenvalue weighted by molar-refractivity contribution is 0.587. The number of sulfone groups is 1. The zero-order valence-corrected chi connectivity index (χ0v) is 8.79. The Kier molecular flexibility index (Phi) is 3.09. The smallest absolute Gasteiger partial charge is 0.209 e. The fourth-order valence-corrected chi connectivity index (χ4v) is 3.38. The molecule has 1 aromatic heterocycles. The van der Waals surface area contributed by atoms with Crippen molar-refractivity contribution >= 4 is 32.8 Å². The summed E-state index contributed by atoms with van der Waals surface area (Å²) < 4.78 is 23.1. The maximum Gasteiger partial charge on any atom is 0.209 e. The van der Waals surface area contributed by atoms with E-state index >= 15 is 0 Å². The summed E-state index contributed by atoms with van der Waals surface area (Å²) in [6, 6.07) is 0. The normalized spacial score (nSPS) is 14.5. The number of hydrogen-bond acceptors (Lipinski definition) is 4. The Morgan fingerprint density at radius 1 is 1.75 bits per heavy atom. The van der Waals surface area contributed by atoms with E-state index in [-0.39, 0.29) is 10.2 Å². The lowest BCUT2D eigenvalue weighted by atomic mass is 10.6. The van der Waals surface area contributed by atoms with E-state index in [9.17, 15) is 8.42 Å². The van der Waals surface area contributed by atoms with Gasteiger partial charge in [0.15, 0.2) is 0 Å². The SMILES string of the molecule is CC(CCl)S(=O)(=O)c1nccs1. The molecule has 0 aromatic carbocycles. The fraction of sp³-hybridized carbons (Fsp3) is 0.500. The minimum Gasteiger partial charge on any atom is -0.234 e. The van der Waals surface area contributed by atoms with Crippen LogP contribution in [0.3, 0.4) is 0 Å². The van der Waals surface area contributed by atoms with Gasteiger partial charge in [0.2, 0.25) is 14.2 Å². The molecule has 0 saturated heterocycles. The van der Waals surface area contributed by atoms with Gasteiger partial charge in [-0.25, -0.2) is 13.4 Å². The molecule has 0 fully saturated rings. The average Bonchev–Trinajstić information content (AvgIpc) is 2.55. The predicted octanol–water partition coefficient (Wildman–Crippen LogP) is 1.54. The predicted molar refractivity (Wildman–Crippen MR) is 49.5 cm³/mol. The maximum absolute atomic E-state index is 11.5. The Bertz CT molecular complexity index is 332. The maximum atomic E-state index is 11.5. The molecule has 0 aliphatic heterocycles.